The van der Waals surface area contributed by atoms with Crippen LogP contribution in [-0.4, -0.2) is 24.1 Å². The van der Waals surface area contributed by atoms with E-state index in [1.54, 1.807) is 30.3 Å². The molecule has 0 unspecified atom stereocenters. The third-order valence-electron chi connectivity index (χ3n) is 2.35. The molecule has 0 aliphatic rings. The highest BCUT2D eigenvalue weighted by atomic mass is 35.6. The van der Waals surface area contributed by atoms with Crippen molar-refractivity contribution in [2.45, 2.75) is 9.52 Å². The number of nitrogens with one attached hydrogen (secondary N) is 1. The van der Waals surface area contributed by atoms with Crippen LogP contribution >= 0.6 is 34.8 Å². The molecular weight excluding hydrogens is 300 g/mol. The van der Waals surface area contributed by atoms with E-state index < -0.39 is 15.6 Å². The zero-order valence-corrected chi connectivity index (χ0v) is 12.0. The summed E-state index contributed by atoms with van der Waals surface area (Å²) in [4.78, 5) is 11.4. The molecular formula is C11H12Cl3NO3. The highest BCUT2D eigenvalue weighted by Crippen LogP contribution is 2.45. The number of rotatable bonds is 3. The largest absolute Gasteiger partial charge is 0.453 e. The Bertz CT molecular complexity index is 408. The SMILES string of the molecule is COC(=O)N[C@](OC)(c1ccccc1)C(Cl)(Cl)Cl. The number of methoxy groups -OCH3 is 2. The summed E-state index contributed by atoms with van der Waals surface area (Å²) in [7, 11) is 2.53. The van der Waals surface area contributed by atoms with E-state index in [2.05, 4.69) is 10.1 Å². The molecule has 0 heterocycles. The van der Waals surface area contributed by atoms with Gasteiger partial charge in [-0.1, -0.05) is 65.1 Å². The number of hydrogen-bond acceptors (Lipinski definition) is 3. The Morgan fingerprint density at radius 1 is 1.17 bits per heavy atom. The maximum absolute atomic E-state index is 11.4. The number of carbonyl (C=O) groups is 1. The molecule has 1 aromatic rings. The fraction of sp³-hybridized carbons (Fsp3) is 0.364. The Kier molecular flexibility index (Phi) is 5.10. The summed E-state index contributed by atoms with van der Waals surface area (Å²) in [6.45, 7) is 0. The summed E-state index contributed by atoms with van der Waals surface area (Å²) in [5.41, 5.74) is -1.15. The van der Waals surface area contributed by atoms with Crippen LogP contribution in [0, 0.1) is 0 Å². The first kappa shape index (κ1) is 15.4. The maximum Gasteiger partial charge on any atom is 0.409 e. The Hall–Kier alpha value is -0.680. The van der Waals surface area contributed by atoms with Crippen molar-refractivity contribution in [1.29, 1.82) is 0 Å². The first-order chi connectivity index (χ1) is 8.37. The summed E-state index contributed by atoms with van der Waals surface area (Å²) < 4.78 is 7.85. The van der Waals surface area contributed by atoms with Crippen molar-refractivity contribution in [3.63, 3.8) is 0 Å². The van der Waals surface area contributed by atoms with Crippen molar-refractivity contribution in [3.8, 4) is 0 Å². The zero-order valence-electron chi connectivity index (χ0n) is 9.75. The van der Waals surface area contributed by atoms with Gasteiger partial charge in [-0.15, -0.1) is 0 Å². The van der Waals surface area contributed by atoms with E-state index >= 15 is 0 Å². The van der Waals surface area contributed by atoms with Crippen molar-refractivity contribution in [2.24, 2.45) is 0 Å². The molecule has 0 bridgehead atoms. The third-order valence-corrected chi connectivity index (χ3v) is 3.15. The lowest BCUT2D eigenvalue weighted by Crippen LogP contribution is -2.56. The Balaban J connectivity index is 3.28. The van der Waals surface area contributed by atoms with E-state index in [-0.39, 0.29) is 0 Å². The Morgan fingerprint density at radius 3 is 2.11 bits per heavy atom. The molecule has 0 spiro atoms. The maximum atomic E-state index is 11.4. The summed E-state index contributed by atoms with van der Waals surface area (Å²) >= 11 is 17.8. The van der Waals surface area contributed by atoms with Crippen molar-refractivity contribution in [2.75, 3.05) is 14.2 Å². The van der Waals surface area contributed by atoms with Crippen molar-refractivity contribution in [3.05, 3.63) is 35.9 Å². The molecule has 100 valence electrons. The van der Waals surface area contributed by atoms with Gasteiger partial charge in [-0.25, -0.2) is 4.79 Å². The van der Waals surface area contributed by atoms with Gasteiger partial charge in [-0.05, 0) is 0 Å². The van der Waals surface area contributed by atoms with E-state index in [0.29, 0.717) is 5.56 Å². The van der Waals surface area contributed by atoms with Crippen LogP contribution < -0.4 is 5.32 Å². The van der Waals surface area contributed by atoms with E-state index in [1.165, 1.54) is 14.2 Å². The van der Waals surface area contributed by atoms with Gasteiger partial charge >= 0.3 is 6.09 Å². The molecule has 1 aromatic carbocycles. The van der Waals surface area contributed by atoms with E-state index in [0.717, 1.165) is 0 Å². The monoisotopic (exact) mass is 311 g/mol. The molecule has 0 saturated carbocycles. The van der Waals surface area contributed by atoms with Crippen molar-refractivity contribution >= 4 is 40.9 Å². The number of carbonyl (C=O) groups excluding carboxylic acids is 1. The minimum atomic E-state index is -1.92. The summed E-state index contributed by atoms with van der Waals surface area (Å²) in [6, 6.07) is 8.60. The van der Waals surface area contributed by atoms with Gasteiger partial charge in [0.15, 0.2) is 0 Å². The Labute approximate surface area is 120 Å². The molecule has 1 atom stereocenters. The van der Waals surface area contributed by atoms with Crippen LogP contribution in [0.4, 0.5) is 4.79 Å². The molecule has 7 heteroatoms. The van der Waals surface area contributed by atoms with Gasteiger partial charge in [0.2, 0.25) is 9.52 Å². The fourth-order valence-corrected chi connectivity index (χ4v) is 2.16. The zero-order chi connectivity index (χ0) is 13.8. The summed E-state index contributed by atoms with van der Waals surface area (Å²) in [5.74, 6) is 0. The average molecular weight is 313 g/mol. The molecule has 0 aliphatic carbocycles. The van der Waals surface area contributed by atoms with Gasteiger partial charge in [-0.3, -0.25) is 5.32 Å². The number of halogens is 3. The molecule has 1 N–H and O–H groups in total. The van der Waals surface area contributed by atoms with Gasteiger partial charge in [-0.2, -0.15) is 0 Å². The molecule has 0 saturated heterocycles. The molecule has 0 aromatic heterocycles. The average Bonchev–Trinajstić information content (AvgIpc) is 2.35. The van der Waals surface area contributed by atoms with Gasteiger partial charge in [0.1, 0.15) is 0 Å². The molecule has 18 heavy (non-hydrogen) atoms. The number of alkyl carbamates (subject to hydrolysis) is 1. The molecule has 4 nitrogen and oxygen atoms in total. The predicted molar refractivity (Wildman–Crippen MR) is 71.0 cm³/mol. The number of amides is 1. The second-order valence-electron chi connectivity index (χ2n) is 3.37. The first-order valence-corrected chi connectivity index (χ1v) is 6.04. The molecule has 0 fully saturated rings. The standard InChI is InChI=1S/C11H12Cl3NO3/c1-17-9(16)15-10(18-2,11(12,13)14)8-6-4-3-5-7-8/h3-7H,1-2H3,(H,15,16)/t10-/m0/s1. The Morgan fingerprint density at radius 2 is 1.72 bits per heavy atom. The normalized spacial score (nSPS) is 14.7. The highest BCUT2D eigenvalue weighted by Gasteiger charge is 2.52. The molecule has 0 radical (unpaired) electrons. The minimum absolute atomic E-state index is 0.484. The third kappa shape index (κ3) is 3.01. The van der Waals surface area contributed by atoms with Crippen molar-refractivity contribution < 1.29 is 14.3 Å². The molecule has 1 amide bonds. The topological polar surface area (TPSA) is 47.6 Å². The number of hydrogen-bond donors (Lipinski definition) is 1. The smallest absolute Gasteiger partial charge is 0.409 e. The van der Waals surface area contributed by atoms with Gasteiger partial charge in [0.25, 0.3) is 0 Å². The van der Waals surface area contributed by atoms with Gasteiger partial charge in [0.05, 0.1) is 7.11 Å². The van der Waals surface area contributed by atoms with Crippen LogP contribution in [0.5, 0.6) is 0 Å². The summed E-state index contributed by atoms with van der Waals surface area (Å²) in [6.07, 6.45) is -0.771. The second-order valence-corrected chi connectivity index (χ2v) is 5.65. The van der Waals surface area contributed by atoms with Crippen LogP contribution in [0.1, 0.15) is 5.56 Å². The van der Waals surface area contributed by atoms with E-state index in [4.69, 9.17) is 39.5 Å². The minimum Gasteiger partial charge on any atom is -0.453 e. The quantitative estimate of drug-likeness (QED) is 0.688. The number of benzene rings is 1. The van der Waals surface area contributed by atoms with Crippen molar-refractivity contribution in [1.82, 2.24) is 5.32 Å². The van der Waals surface area contributed by atoms with E-state index in [9.17, 15) is 4.79 Å². The van der Waals surface area contributed by atoms with Crippen LogP contribution in [0.15, 0.2) is 30.3 Å². The van der Waals surface area contributed by atoms with Crippen LogP contribution in [0.2, 0.25) is 0 Å². The van der Waals surface area contributed by atoms with Crippen LogP contribution in [0.25, 0.3) is 0 Å². The molecule has 1 rings (SSSR count). The van der Waals surface area contributed by atoms with Gasteiger partial charge < -0.3 is 9.47 Å². The lowest BCUT2D eigenvalue weighted by molar-refractivity contribution is -0.0381. The number of ether oxygens (including phenoxy) is 2. The van der Waals surface area contributed by atoms with Crippen LogP contribution in [0.3, 0.4) is 0 Å². The first-order valence-electron chi connectivity index (χ1n) is 4.91. The second kappa shape index (κ2) is 5.97. The number of alkyl halides is 3. The molecule has 0 aliphatic heterocycles. The highest BCUT2D eigenvalue weighted by molar-refractivity contribution is 6.68. The van der Waals surface area contributed by atoms with Crippen LogP contribution in [-0.2, 0) is 15.2 Å². The lowest BCUT2D eigenvalue weighted by atomic mass is 10.0. The summed E-state index contributed by atoms with van der Waals surface area (Å²) in [5, 5.41) is 2.41. The van der Waals surface area contributed by atoms with Gasteiger partial charge in [0, 0.05) is 12.7 Å². The fourth-order valence-electron chi connectivity index (χ4n) is 1.46. The predicted octanol–water partition coefficient (Wildman–Crippen LogP) is 3.21. The lowest BCUT2D eigenvalue weighted by Gasteiger charge is -2.38. The van der Waals surface area contributed by atoms with E-state index in [1.807, 2.05) is 0 Å².